The lowest BCUT2D eigenvalue weighted by molar-refractivity contribution is -0.138. The molecule has 6 atom stereocenters. The van der Waals surface area contributed by atoms with Gasteiger partial charge in [0.25, 0.3) is 0 Å². The predicted molar refractivity (Wildman–Crippen MR) is 114 cm³/mol. The van der Waals surface area contributed by atoms with Crippen LogP contribution in [0.1, 0.15) is 57.5 Å². The van der Waals surface area contributed by atoms with Gasteiger partial charge in [-0.2, -0.15) is 26.3 Å². The zero-order valence-electron chi connectivity index (χ0n) is 18.8. The molecule has 192 valence electrons. The maximum Gasteiger partial charge on any atom is 0.416 e. The van der Waals surface area contributed by atoms with E-state index >= 15 is 0 Å². The lowest BCUT2D eigenvalue weighted by Gasteiger charge is -2.29. The first-order valence-electron chi connectivity index (χ1n) is 11.7. The number of carbonyl (C=O) groups is 2. The molecule has 0 amide bonds. The zero-order valence-corrected chi connectivity index (χ0v) is 18.8. The molecule has 3 fully saturated rings. The van der Waals surface area contributed by atoms with Crippen LogP contribution < -0.4 is 0 Å². The first-order valence-corrected chi connectivity index (χ1v) is 11.7. The summed E-state index contributed by atoms with van der Waals surface area (Å²) in [5, 5.41) is 0. The number of alkyl halides is 6. The van der Waals surface area contributed by atoms with E-state index in [0.717, 1.165) is 67.8 Å². The molecule has 0 spiro atoms. The average molecular weight is 512 g/mol. The van der Waals surface area contributed by atoms with Crippen molar-refractivity contribution in [3.63, 3.8) is 0 Å². The molecule has 0 saturated heterocycles. The summed E-state index contributed by atoms with van der Waals surface area (Å²) in [6.45, 7) is 0. The van der Waals surface area contributed by atoms with Crippen LogP contribution in [0.25, 0.3) is 0 Å². The molecule has 0 radical (unpaired) electrons. The van der Waals surface area contributed by atoms with E-state index in [1.165, 1.54) is 0 Å². The van der Waals surface area contributed by atoms with Gasteiger partial charge in [0, 0.05) is 5.92 Å². The van der Waals surface area contributed by atoms with Crippen molar-refractivity contribution in [3.05, 3.63) is 70.8 Å². The lowest BCUT2D eigenvalue weighted by atomic mass is 9.81. The molecule has 0 aromatic heterocycles. The summed E-state index contributed by atoms with van der Waals surface area (Å²) >= 11 is 0. The summed E-state index contributed by atoms with van der Waals surface area (Å²) in [5.74, 6) is -0.779. The van der Waals surface area contributed by atoms with Crippen molar-refractivity contribution in [1.82, 2.24) is 0 Å². The van der Waals surface area contributed by atoms with Crippen LogP contribution in [0.15, 0.2) is 48.5 Å². The fraction of sp³-hybridized carbons (Fsp3) is 0.462. The molecule has 0 heterocycles. The quantitative estimate of drug-likeness (QED) is 0.345. The highest BCUT2D eigenvalue weighted by atomic mass is 19.4. The van der Waals surface area contributed by atoms with E-state index < -0.39 is 47.6 Å². The van der Waals surface area contributed by atoms with Crippen molar-refractivity contribution in [1.29, 1.82) is 0 Å². The second kappa shape index (κ2) is 8.81. The molecule has 36 heavy (non-hydrogen) atoms. The van der Waals surface area contributed by atoms with Gasteiger partial charge in [-0.05, 0) is 92.0 Å². The Labute approximate surface area is 202 Å². The Morgan fingerprint density at radius 3 is 1.64 bits per heavy atom. The molecule has 0 aliphatic heterocycles. The molecule has 5 rings (SSSR count). The van der Waals surface area contributed by atoms with Crippen LogP contribution in [0.5, 0.6) is 0 Å². The lowest BCUT2D eigenvalue weighted by Crippen LogP contribution is -2.37. The van der Waals surface area contributed by atoms with Crippen LogP contribution in [0.3, 0.4) is 0 Å². The first-order chi connectivity index (χ1) is 16.9. The highest BCUT2D eigenvalue weighted by molar-refractivity contribution is 5.90. The van der Waals surface area contributed by atoms with E-state index in [1.807, 2.05) is 0 Å². The normalized spacial score (nSPS) is 29.2. The third kappa shape index (κ3) is 4.57. The second-order valence-electron chi connectivity index (χ2n) is 9.77. The number of benzene rings is 2. The topological polar surface area (TPSA) is 52.6 Å². The number of hydrogen-bond donors (Lipinski definition) is 0. The third-order valence-electron chi connectivity index (χ3n) is 7.81. The van der Waals surface area contributed by atoms with Gasteiger partial charge in [0.1, 0.15) is 12.2 Å². The van der Waals surface area contributed by atoms with E-state index in [9.17, 15) is 35.9 Å². The number of ether oxygens (including phenoxy) is 2. The number of hydrogen-bond acceptors (Lipinski definition) is 4. The molecule has 6 unspecified atom stereocenters. The summed E-state index contributed by atoms with van der Waals surface area (Å²) in [5.41, 5.74) is -1.90. The van der Waals surface area contributed by atoms with E-state index in [-0.39, 0.29) is 23.0 Å². The van der Waals surface area contributed by atoms with Gasteiger partial charge in [0.05, 0.1) is 22.3 Å². The molecule has 10 heteroatoms. The Morgan fingerprint density at radius 2 is 1.14 bits per heavy atom. The minimum atomic E-state index is -4.54. The average Bonchev–Trinajstić information content (AvgIpc) is 3.52. The maximum absolute atomic E-state index is 12.9. The van der Waals surface area contributed by atoms with Gasteiger partial charge in [0.2, 0.25) is 0 Å². The SMILES string of the molecule is O=C(OC1CC2C3CCC(C3)C2C1OC(=O)c1ccc(C(F)(F)F)cc1)c1ccc(C(F)(F)F)cc1. The summed E-state index contributed by atoms with van der Waals surface area (Å²) in [4.78, 5) is 25.6. The fourth-order valence-corrected chi connectivity index (χ4v) is 6.22. The highest BCUT2D eigenvalue weighted by Crippen LogP contribution is 2.60. The van der Waals surface area contributed by atoms with Crippen molar-refractivity contribution >= 4 is 11.9 Å². The van der Waals surface area contributed by atoms with Crippen LogP contribution in [0, 0.1) is 23.7 Å². The maximum atomic E-state index is 12.9. The third-order valence-corrected chi connectivity index (χ3v) is 7.81. The van der Waals surface area contributed by atoms with Gasteiger partial charge in [0.15, 0.2) is 0 Å². The van der Waals surface area contributed by atoms with Gasteiger partial charge in [-0.15, -0.1) is 0 Å². The Hall–Kier alpha value is -3.04. The highest BCUT2D eigenvalue weighted by Gasteiger charge is 2.59. The monoisotopic (exact) mass is 512 g/mol. The van der Waals surface area contributed by atoms with Crippen molar-refractivity contribution in [2.45, 2.75) is 50.2 Å². The standard InChI is InChI=1S/C26H22F6O4/c27-25(28,29)17-7-3-13(4-8-17)23(33)35-20-12-19-15-1-2-16(11-15)21(19)22(20)36-24(34)14-5-9-18(10-6-14)26(30,31)32/h3-10,15-16,19-22H,1-2,11-12H2. The van der Waals surface area contributed by atoms with Crippen LogP contribution in [0.4, 0.5) is 26.3 Å². The molecule has 3 saturated carbocycles. The Balaban J connectivity index is 1.33. The molecule has 2 bridgehead atoms. The van der Waals surface area contributed by atoms with E-state index in [4.69, 9.17) is 9.47 Å². The summed E-state index contributed by atoms with van der Waals surface area (Å²) in [7, 11) is 0. The van der Waals surface area contributed by atoms with Crippen molar-refractivity contribution in [2.75, 3.05) is 0 Å². The van der Waals surface area contributed by atoms with E-state index in [1.54, 1.807) is 0 Å². The van der Waals surface area contributed by atoms with Crippen LogP contribution in [0.2, 0.25) is 0 Å². The fourth-order valence-electron chi connectivity index (χ4n) is 6.22. The van der Waals surface area contributed by atoms with Crippen molar-refractivity contribution < 1.29 is 45.4 Å². The van der Waals surface area contributed by atoms with Gasteiger partial charge < -0.3 is 9.47 Å². The van der Waals surface area contributed by atoms with Crippen molar-refractivity contribution in [3.8, 4) is 0 Å². The zero-order chi connectivity index (χ0) is 25.8. The van der Waals surface area contributed by atoms with Gasteiger partial charge in [-0.1, -0.05) is 0 Å². The number of rotatable bonds is 4. The second-order valence-corrected chi connectivity index (χ2v) is 9.77. The van der Waals surface area contributed by atoms with Gasteiger partial charge in [-0.3, -0.25) is 0 Å². The predicted octanol–water partition coefficient (Wildman–Crippen LogP) is 6.54. The largest absolute Gasteiger partial charge is 0.455 e. The molecule has 2 aromatic carbocycles. The molecular weight excluding hydrogens is 490 g/mol. The summed E-state index contributed by atoms with van der Waals surface area (Å²) < 4.78 is 88.5. The molecule has 4 nitrogen and oxygen atoms in total. The number of halogens is 6. The minimum absolute atomic E-state index is 0.0347. The Kier molecular flexibility index (Phi) is 6.03. The number of esters is 2. The van der Waals surface area contributed by atoms with Gasteiger partial charge >= 0.3 is 24.3 Å². The molecular formula is C26H22F6O4. The van der Waals surface area contributed by atoms with Gasteiger partial charge in [-0.25, -0.2) is 9.59 Å². The van der Waals surface area contributed by atoms with Crippen LogP contribution in [-0.2, 0) is 21.8 Å². The minimum Gasteiger partial charge on any atom is -0.455 e. The molecule has 2 aromatic rings. The summed E-state index contributed by atoms with van der Waals surface area (Å²) in [6.07, 6.45) is -7.21. The molecule has 0 N–H and O–H groups in total. The van der Waals surface area contributed by atoms with E-state index in [2.05, 4.69) is 0 Å². The number of fused-ring (bicyclic) bond motifs is 5. The Bertz CT molecular complexity index is 1140. The summed E-state index contributed by atoms with van der Waals surface area (Å²) in [6, 6.07) is 7.34. The Morgan fingerprint density at radius 1 is 0.667 bits per heavy atom. The van der Waals surface area contributed by atoms with Crippen molar-refractivity contribution in [2.24, 2.45) is 23.7 Å². The first kappa shape index (κ1) is 24.6. The molecule has 3 aliphatic rings. The van der Waals surface area contributed by atoms with E-state index in [0.29, 0.717) is 18.3 Å². The molecule has 3 aliphatic carbocycles. The number of carbonyl (C=O) groups excluding carboxylic acids is 2. The van der Waals surface area contributed by atoms with Crippen LogP contribution >= 0.6 is 0 Å². The smallest absolute Gasteiger partial charge is 0.416 e. The van der Waals surface area contributed by atoms with Crippen LogP contribution in [-0.4, -0.2) is 24.1 Å².